The highest BCUT2D eigenvalue weighted by Crippen LogP contribution is 2.26. The molecule has 0 aromatic carbocycles. The van der Waals surface area contributed by atoms with Crippen LogP contribution >= 0.6 is 0 Å². The predicted octanol–water partition coefficient (Wildman–Crippen LogP) is -0.395. The third-order valence-electron chi connectivity index (χ3n) is 3.86. The zero-order valence-electron chi connectivity index (χ0n) is 11.8. The molecule has 3 rings (SSSR count). The molecule has 1 N–H and O–H groups in total. The number of nitrogens with one attached hydrogen (secondary N) is 1. The highest BCUT2D eigenvalue weighted by molar-refractivity contribution is 7.86. The minimum Gasteiger partial charge on any atom is -0.379 e. The lowest BCUT2D eigenvalue weighted by molar-refractivity contribution is 0.0685. The predicted molar refractivity (Wildman–Crippen MR) is 77.9 cm³/mol. The number of hydrogen-bond donors (Lipinski definition) is 1. The second-order valence-electron chi connectivity index (χ2n) is 5.14. The second-order valence-corrected chi connectivity index (χ2v) is 7.02. The van der Waals surface area contributed by atoms with Crippen molar-refractivity contribution in [2.75, 3.05) is 45.9 Å². The Bertz CT molecular complexity index is 560. The van der Waals surface area contributed by atoms with E-state index in [9.17, 15) is 8.42 Å². The molecule has 2 aliphatic rings. The number of morpholine rings is 1. The molecule has 8 heteroatoms. The smallest absolute Gasteiger partial charge is 0.282 e. The van der Waals surface area contributed by atoms with E-state index >= 15 is 0 Å². The lowest BCUT2D eigenvalue weighted by Gasteiger charge is -2.39. The number of nitrogens with zero attached hydrogens (tertiary/aromatic N) is 3. The summed E-state index contributed by atoms with van der Waals surface area (Å²) in [7, 11) is -3.46. The van der Waals surface area contributed by atoms with E-state index in [4.69, 9.17) is 4.74 Å². The summed E-state index contributed by atoms with van der Waals surface area (Å²) in [6.45, 7) is 3.51. The molecule has 7 nitrogen and oxygen atoms in total. The first-order valence-electron chi connectivity index (χ1n) is 7.15. The van der Waals surface area contributed by atoms with Crippen LogP contribution in [0.1, 0.15) is 11.6 Å². The van der Waals surface area contributed by atoms with Crippen molar-refractivity contribution in [2.24, 2.45) is 0 Å². The minimum atomic E-state index is -3.46. The van der Waals surface area contributed by atoms with Crippen molar-refractivity contribution in [2.45, 2.75) is 6.04 Å². The van der Waals surface area contributed by atoms with Gasteiger partial charge >= 0.3 is 0 Å². The van der Waals surface area contributed by atoms with Gasteiger partial charge in [-0.05, 0) is 11.6 Å². The molecule has 1 unspecified atom stereocenters. The molecule has 0 bridgehead atoms. The molecular weight excluding hydrogens is 292 g/mol. The zero-order chi connectivity index (χ0) is 14.7. The molecule has 116 valence electrons. The Morgan fingerprint density at radius 2 is 2.10 bits per heavy atom. The number of rotatable bonds is 3. The van der Waals surface area contributed by atoms with Gasteiger partial charge in [-0.2, -0.15) is 17.0 Å². The van der Waals surface area contributed by atoms with E-state index in [1.165, 1.54) is 4.31 Å². The molecule has 0 spiro atoms. The first kappa shape index (κ1) is 14.9. The standard InChI is InChI=1S/C13H20N4O3S/c18-21(19,16-6-8-20-9-7-16)17-5-4-15-11-13(17)12-2-1-3-14-10-12/h1-3,10,13,15H,4-9,11H2. The van der Waals surface area contributed by atoms with Crippen LogP contribution in [0.3, 0.4) is 0 Å². The van der Waals surface area contributed by atoms with E-state index in [0.717, 1.165) is 5.56 Å². The van der Waals surface area contributed by atoms with Gasteiger partial charge in [-0.25, -0.2) is 0 Å². The van der Waals surface area contributed by atoms with Crippen LogP contribution in [0.4, 0.5) is 0 Å². The summed E-state index contributed by atoms with van der Waals surface area (Å²) in [5.41, 5.74) is 0.918. The van der Waals surface area contributed by atoms with Crippen molar-refractivity contribution in [3.8, 4) is 0 Å². The average Bonchev–Trinajstić information content (AvgIpc) is 2.56. The third-order valence-corrected chi connectivity index (χ3v) is 5.90. The highest BCUT2D eigenvalue weighted by atomic mass is 32.2. The number of ether oxygens (including phenoxy) is 1. The first-order valence-corrected chi connectivity index (χ1v) is 8.54. The van der Waals surface area contributed by atoms with Crippen LogP contribution in [-0.4, -0.2) is 67.9 Å². The number of hydrogen-bond acceptors (Lipinski definition) is 5. The molecule has 0 saturated carbocycles. The van der Waals surface area contributed by atoms with Gasteiger partial charge in [0.05, 0.1) is 19.3 Å². The van der Waals surface area contributed by atoms with Gasteiger partial charge in [-0.15, -0.1) is 0 Å². The molecular formula is C13H20N4O3S. The maximum Gasteiger partial charge on any atom is 0.282 e. The van der Waals surface area contributed by atoms with Gasteiger partial charge in [-0.1, -0.05) is 6.07 Å². The monoisotopic (exact) mass is 312 g/mol. The summed E-state index contributed by atoms with van der Waals surface area (Å²) >= 11 is 0. The molecule has 1 aromatic rings. The van der Waals surface area contributed by atoms with Crippen molar-refractivity contribution in [1.82, 2.24) is 18.9 Å². The van der Waals surface area contributed by atoms with Crippen LogP contribution in [0.5, 0.6) is 0 Å². The Kier molecular flexibility index (Phi) is 4.51. The quantitative estimate of drug-likeness (QED) is 0.822. The molecule has 0 aliphatic carbocycles. The Labute approximate surface area is 125 Å². The molecule has 2 aliphatic heterocycles. The zero-order valence-corrected chi connectivity index (χ0v) is 12.6. The number of piperazine rings is 1. The molecule has 21 heavy (non-hydrogen) atoms. The summed E-state index contributed by atoms with van der Waals surface area (Å²) in [4.78, 5) is 4.11. The minimum absolute atomic E-state index is 0.208. The fourth-order valence-electron chi connectivity index (χ4n) is 2.74. The van der Waals surface area contributed by atoms with E-state index in [1.807, 2.05) is 12.1 Å². The van der Waals surface area contributed by atoms with E-state index in [-0.39, 0.29) is 6.04 Å². The largest absolute Gasteiger partial charge is 0.379 e. The van der Waals surface area contributed by atoms with Gasteiger partial charge in [0, 0.05) is 45.1 Å². The summed E-state index contributed by atoms with van der Waals surface area (Å²) in [5.74, 6) is 0. The fraction of sp³-hybridized carbons (Fsp3) is 0.615. The SMILES string of the molecule is O=S(=O)(N1CCOCC1)N1CCNCC1c1cccnc1. The molecule has 2 fully saturated rings. The number of aromatic nitrogens is 1. The normalized spacial score (nSPS) is 25.8. The fourth-order valence-corrected chi connectivity index (χ4v) is 4.49. The van der Waals surface area contributed by atoms with Gasteiger partial charge in [0.25, 0.3) is 10.2 Å². The maximum atomic E-state index is 12.9. The van der Waals surface area contributed by atoms with Crippen LogP contribution in [-0.2, 0) is 14.9 Å². The molecule has 0 amide bonds. The maximum absolute atomic E-state index is 12.9. The van der Waals surface area contributed by atoms with Gasteiger partial charge in [0.15, 0.2) is 0 Å². The van der Waals surface area contributed by atoms with E-state index in [1.54, 1.807) is 16.7 Å². The Balaban J connectivity index is 1.86. The van der Waals surface area contributed by atoms with E-state index in [2.05, 4.69) is 10.3 Å². The highest BCUT2D eigenvalue weighted by Gasteiger charge is 2.37. The van der Waals surface area contributed by atoms with E-state index < -0.39 is 10.2 Å². The topological polar surface area (TPSA) is 74.8 Å². The lowest BCUT2D eigenvalue weighted by Crippen LogP contribution is -2.55. The third kappa shape index (κ3) is 3.09. The van der Waals surface area contributed by atoms with Crippen molar-refractivity contribution < 1.29 is 13.2 Å². The van der Waals surface area contributed by atoms with Crippen molar-refractivity contribution in [3.05, 3.63) is 30.1 Å². The Hall–Kier alpha value is -1.06. The van der Waals surface area contributed by atoms with Gasteiger partial charge in [-0.3, -0.25) is 4.98 Å². The summed E-state index contributed by atoms with van der Waals surface area (Å²) in [6.07, 6.45) is 3.43. The van der Waals surface area contributed by atoms with Crippen LogP contribution in [0.25, 0.3) is 0 Å². The van der Waals surface area contributed by atoms with Gasteiger partial charge in [0.1, 0.15) is 0 Å². The lowest BCUT2D eigenvalue weighted by atomic mass is 10.1. The molecule has 1 aromatic heterocycles. The second kappa shape index (κ2) is 6.37. The van der Waals surface area contributed by atoms with Crippen LogP contribution in [0, 0.1) is 0 Å². The van der Waals surface area contributed by atoms with Crippen LogP contribution in [0.2, 0.25) is 0 Å². The first-order chi connectivity index (χ1) is 10.2. The Morgan fingerprint density at radius 1 is 1.29 bits per heavy atom. The number of pyridine rings is 1. The van der Waals surface area contributed by atoms with Crippen LogP contribution in [0.15, 0.2) is 24.5 Å². The average molecular weight is 312 g/mol. The summed E-state index contributed by atoms with van der Waals surface area (Å²) in [5, 5.41) is 3.26. The molecule has 3 heterocycles. The summed E-state index contributed by atoms with van der Waals surface area (Å²) < 4.78 is 34.1. The van der Waals surface area contributed by atoms with Crippen molar-refractivity contribution >= 4 is 10.2 Å². The Morgan fingerprint density at radius 3 is 2.81 bits per heavy atom. The van der Waals surface area contributed by atoms with Gasteiger partial charge in [0.2, 0.25) is 0 Å². The molecule has 0 radical (unpaired) electrons. The van der Waals surface area contributed by atoms with Crippen molar-refractivity contribution in [3.63, 3.8) is 0 Å². The van der Waals surface area contributed by atoms with Crippen LogP contribution < -0.4 is 5.32 Å². The van der Waals surface area contributed by atoms with Gasteiger partial charge < -0.3 is 10.1 Å². The van der Waals surface area contributed by atoms with Crippen molar-refractivity contribution in [1.29, 1.82) is 0 Å². The molecule has 1 atom stereocenters. The van der Waals surface area contributed by atoms with E-state index in [0.29, 0.717) is 45.9 Å². The molecule has 2 saturated heterocycles. The summed E-state index contributed by atoms with van der Waals surface area (Å²) in [6, 6.07) is 3.55.